The third-order valence-corrected chi connectivity index (χ3v) is 3.49. The fourth-order valence-electron chi connectivity index (χ4n) is 2.54. The van der Waals surface area contributed by atoms with Crippen molar-refractivity contribution in [3.8, 4) is 11.5 Å². The molecule has 2 heterocycles. The first-order valence-electron chi connectivity index (χ1n) is 6.33. The third-order valence-electron chi connectivity index (χ3n) is 3.49. The Labute approximate surface area is 114 Å². The van der Waals surface area contributed by atoms with Crippen LogP contribution in [0.1, 0.15) is 0 Å². The smallest absolute Gasteiger partial charge is 0.229 e. The summed E-state index contributed by atoms with van der Waals surface area (Å²) in [6.07, 6.45) is 1.95. The number of benzene rings is 2. The highest BCUT2D eigenvalue weighted by Crippen LogP contribution is 2.32. The summed E-state index contributed by atoms with van der Waals surface area (Å²) in [6, 6.07) is 12.7. The number of para-hydroxylation sites is 2. The summed E-state index contributed by atoms with van der Waals surface area (Å²) in [5.41, 5.74) is 2.70. The van der Waals surface area contributed by atoms with Gasteiger partial charge in [-0.1, -0.05) is 24.3 Å². The number of rotatable bonds is 1. The van der Waals surface area contributed by atoms with Gasteiger partial charge in [0.2, 0.25) is 5.89 Å². The second-order valence-corrected chi connectivity index (χ2v) is 4.78. The van der Waals surface area contributed by atoms with Crippen LogP contribution in [-0.4, -0.2) is 9.55 Å². The molecule has 0 aliphatic carbocycles. The topological polar surface area (TPSA) is 31.0 Å². The minimum absolute atomic E-state index is 0.204. The fraction of sp³-hybridized carbons (Fsp3) is 0.0625. The van der Waals surface area contributed by atoms with Crippen LogP contribution in [-0.2, 0) is 7.05 Å². The molecule has 0 saturated heterocycles. The highest BCUT2D eigenvalue weighted by Gasteiger charge is 2.15. The van der Waals surface area contributed by atoms with Crippen LogP contribution >= 0.6 is 0 Å². The van der Waals surface area contributed by atoms with Crippen molar-refractivity contribution in [3.05, 3.63) is 54.5 Å². The Balaban J connectivity index is 2.04. The van der Waals surface area contributed by atoms with Crippen molar-refractivity contribution in [2.75, 3.05) is 0 Å². The van der Waals surface area contributed by atoms with Crippen LogP contribution in [0.25, 0.3) is 33.5 Å². The van der Waals surface area contributed by atoms with Gasteiger partial charge in [-0.25, -0.2) is 9.37 Å². The van der Waals surface area contributed by atoms with Gasteiger partial charge in [-0.05, 0) is 18.2 Å². The average molecular weight is 266 g/mol. The van der Waals surface area contributed by atoms with E-state index in [-0.39, 0.29) is 11.4 Å². The Morgan fingerprint density at radius 3 is 2.80 bits per heavy atom. The number of nitrogens with zero attached hydrogens (tertiary/aromatic N) is 2. The standard InChI is InChI=1S/C16H11FN2O/c1-19-9-11(10-5-2-3-8-14(10)19)16-18-13-7-4-6-12(17)15(13)20-16/h2-9H,1H3. The van der Waals surface area contributed by atoms with Crippen LogP contribution < -0.4 is 0 Å². The van der Waals surface area contributed by atoms with Crippen molar-refractivity contribution in [3.63, 3.8) is 0 Å². The second-order valence-electron chi connectivity index (χ2n) is 4.78. The molecule has 0 N–H and O–H groups in total. The van der Waals surface area contributed by atoms with E-state index >= 15 is 0 Å². The lowest BCUT2D eigenvalue weighted by molar-refractivity contribution is 0.564. The van der Waals surface area contributed by atoms with Crippen LogP contribution in [0, 0.1) is 5.82 Å². The van der Waals surface area contributed by atoms with E-state index in [1.807, 2.05) is 42.1 Å². The SMILES string of the molecule is Cn1cc(-c2nc3cccc(F)c3o2)c2ccccc21. The van der Waals surface area contributed by atoms with Crippen LogP contribution in [0.2, 0.25) is 0 Å². The first kappa shape index (κ1) is 11.2. The van der Waals surface area contributed by atoms with Gasteiger partial charge in [-0.15, -0.1) is 0 Å². The molecule has 0 unspecified atom stereocenters. The number of fused-ring (bicyclic) bond motifs is 2. The minimum atomic E-state index is -0.388. The quantitative estimate of drug-likeness (QED) is 0.518. The molecule has 4 heteroatoms. The first-order valence-corrected chi connectivity index (χ1v) is 6.33. The number of oxazole rings is 1. The number of halogens is 1. The Morgan fingerprint density at radius 2 is 1.95 bits per heavy atom. The summed E-state index contributed by atoms with van der Waals surface area (Å²) >= 11 is 0. The van der Waals surface area contributed by atoms with E-state index in [4.69, 9.17) is 4.42 Å². The number of hydrogen-bond acceptors (Lipinski definition) is 2. The largest absolute Gasteiger partial charge is 0.433 e. The van der Waals surface area contributed by atoms with Gasteiger partial charge < -0.3 is 8.98 Å². The second kappa shape index (κ2) is 3.93. The van der Waals surface area contributed by atoms with Gasteiger partial charge in [-0.2, -0.15) is 0 Å². The molecule has 0 aliphatic heterocycles. The van der Waals surface area contributed by atoms with Gasteiger partial charge in [0.1, 0.15) is 5.52 Å². The van der Waals surface area contributed by atoms with E-state index in [1.165, 1.54) is 6.07 Å². The Kier molecular flexibility index (Phi) is 2.21. The minimum Gasteiger partial charge on any atom is -0.433 e. The predicted octanol–water partition coefficient (Wildman–Crippen LogP) is 4.13. The molecule has 2 aromatic heterocycles. The molecule has 0 saturated carbocycles. The normalized spacial score (nSPS) is 11.5. The van der Waals surface area contributed by atoms with Gasteiger partial charge in [-0.3, -0.25) is 0 Å². The van der Waals surface area contributed by atoms with Crippen molar-refractivity contribution in [1.29, 1.82) is 0 Å². The number of aryl methyl sites for hydroxylation is 1. The lowest BCUT2D eigenvalue weighted by Gasteiger charge is -1.93. The lowest BCUT2D eigenvalue weighted by atomic mass is 10.2. The summed E-state index contributed by atoms with van der Waals surface area (Å²) in [6.45, 7) is 0. The Bertz CT molecular complexity index is 936. The summed E-state index contributed by atoms with van der Waals surface area (Å²) in [7, 11) is 1.97. The highest BCUT2D eigenvalue weighted by atomic mass is 19.1. The summed E-state index contributed by atoms with van der Waals surface area (Å²) in [4.78, 5) is 4.39. The van der Waals surface area contributed by atoms with Gasteiger partial charge in [0, 0.05) is 24.1 Å². The predicted molar refractivity (Wildman–Crippen MR) is 75.9 cm³/mol. The molecule has 0 amide bonds. The van der Waals surface area contributed by atoms with Crippen molar-refractivity contribution in [1.82, 2.24) is 9.55 Å². The molecule has 4 aromatic rings. The van der Waals surface area contributed by atoms with Gasteiger partial charge in [0.15, 0.2) is 11.4 Å². The van der Waals surface area contributed by atoms with E-state index in [1.54, 1.807) is 12.1 Å². The number of aromatic nitrogens is 2. The lowest BCUT2D eigenvalue weighted by Crippen LogP contribution is -1.81. The summed E-state index contributed by atoms with van der Waals surface area (Å²) in [5, 5.41) is 1.04. The highest BCUT2D eigenvalue weighted by molar-refractivity contribution is 5.95. The summed E-state index contributed by atoms with van der Waals surface area (Å²) < 4.78 is 21.3. The van der Waals surface area contributed by atoms with E-state index in [0.717, 1.165) is 16.5 Å². The zero-order chi connectivity index (χ0) is 13.7. The molecular weight excluding hydrogens is 255 g/mol. The van der Waals surface area contributed by atoms with Crippen LogP contribution in [0.5, 0.6) is 0 Å². The van der Waals surface area contributed by atoms with Crippen molar-refractivity contribution in [2.45, 2.75) is 0 Å². The molecule has 2 aromatic carbocycles. The van der Waals surface area contributed by atoms with Crippen molar-refractivity contribution in [2.24, 2.45) is 7.05 Å². The molecule has 0 fully saturated rings. The molecule has 0 spiro atoms. The molecule has 3 nitrogen and oxygen atoms in total. The van der Waals surface area contributed by atoms with E-state index in [0.29, 0.717) is 11.4 Å². The van der Waals surface area contributed by atoms with E-state index < -0.39 is 0 Å². The van der Waals surface area contributed by atoms with Gasteiger partial charge in [0.05, 0.1) is 5.56 Å². The monoisotopic (exact) mass is 266 g/mol. The molecule has 0 bridgehead atoms. The zero-order valence-corrected chi connectivity index (χ0v) is 10.8. The fourth-order valence-corrected chi connectivity index (χ4v) is 2.54. The molecule has 20 heavy (non-hydrogen) atoms. The Morgan fingerprint density at radius 1 is 1.10 bits per heavy atom. The molecule has 0 radical (unpaired) electrons. The maximum atomic E-state index is 13.7. The Hall–Kier alpha value is -2.62. The first-order chi connectivity index (χ1) is 9.74. The van der Waals surface area contributed by atoms with Crippen LogP contribution in [0.15, 0.2) is 53.1 Å². The van der Waals surface area contributed by atoms with Gasteiger partial charge >= 0.3 is 0 Å². The number of hydrogen-bond donors (Lipinski definition) is 0. The van der Waals surface area contributed by atoms with E-state index in [9.17, 15) is 4.39 Å². The molecule has 0 atom stereocenters. The maximum Gasteiger partial charge on any atom is 0.229 e. The van der Waals surface area contributed by atoms with Crippen molar-refractivity contribution < 1.29 is 8.81 Å². The van der Waals surface area contributed by atoms with Gasteiger partial charge in [0.25, 0.3) is 0 Å². The average Bonchev–Trinajstić information content (AvgIpc) is 3.02. The molecule has 0 aliphatic rings. The molecule has 4 rings (SSSR count). The summed E-state index contributed by atoms with van der Waals surface area (Å²) in [5.74, 6) is 0.0587. The van der Waals surface area contributed by atoms with Crippen LogP contribution in [0.4, 0.5) is 4.39 Å². The maximum absolute atomic E-state index is 13.7. The zero-order valence-electron chi connectivity index (χ0n) is 10.8. The third kappa shape index (κ3) is 1.48. The molecule has 98 valence electrons. The van der Waals surface area contributed by atoms with Crippen LogP contribution in [0.3, 0.4) is 0 Å². The molecular formula is C16H11FN2O. The van der Waals surface area contributed by atoms with Crippen molar-refractivity contribution >= 4 is 22.0 Å². The van der Waals surface area contributed by atoms with E-state index in [2.05, 4.69) is 4.98 Å².